The fourth-order valence-corrected chi connectivity index (χ4v) is 3.47. The monoisotopic (exact) mass is 255 g/mol. The molecule has 2 fully saturated rings. The van der Waals surface area contributed by atoms with Gasteiger partial charge in [-0.15, -0.1) is 0 Å². The van der Waals surface area contributed by atoms with Crippen LogP contribution in [0.4, 0.5) is 5.69 Å². The van der Waals surface area contributed by atoms with Crippen molar-refractivity contribution in [3.63, 3.8) is 0 Å². The summed E-state index contributed by atoms with van der Waals surface area (Å²) in [5, 5.41) is 12.4. The van der Waals surface area contributed by atoms with E-state index >= 15 is 0 Å². The lowest BCUT2D eigenvalue weighted by Gasteiger charge is -2.45. The summed E-state index contributed by atoms with van der Waals surface area (Å²) in [4.78, 5) is 2.44. The number of hydrogen-bond acceptors (Lipinski definition) is 3. The lowest BCUT2D eigenvalue weighted by atomic mass is 9.71. The Hall–Kier alpha value is -1.53. The summed E-state index contributed by atoms with van der Waals surface area (Å²) >= 11 is 0. The van der Waals surface area contributed by atoms with Crippen LogP contribution in [-0.4, -0.2) is 26.2 Å². The zero-order valence-corrected chi connectivity index (χ0v) is 11.4. The molecule has 0 bridgehead atoms. The van der Waals surface area contributed by atoms with E-state index < -0.39 is 0 Å². The van der Waals surface area contributed by atoms with Crippen LogP contribution < -0.4 is 10.2 Å². The van der Waals surface area contributed by atoms with Crippen molar-refractivity contribution >= 4 is 5.69 Å². The molecule has 1 aromatic rings. The van der Waals surface area contributed by atoms with Gasteiger partial charge in [0.15, 0.2) is 0 Å². The van der Waals surface area contributed by atoms with Crippen molar-refractivity contribution in [3.05, 3.63) is 29.8 Å². The molecule has 1 aromatic carbocycles. The van der Waals surface area contributed by atoms with Crippen molar-refractivity contribution in [1.29, 1.82) is 5.26 Å². The summed E-state index contributed by atoms with van der Waals surface area (Å²) in [7, 11) is 0. The quantitative estimate of drug-likeness (QED) is 0.838. The molecule has 0 unspecified atom stereocenters. The van der Waals surface area contributed by atoms with Gasteiger partial charge in [0.05, 0.1) is 11.6 Å². The first-order chi connectivity index (χ1) is 9.31. The molecule has 0 amide bonds. The van der Waals surface area contributed by atoms with E-state index in [9.17, 15) is 0 Å². The molecule has 1 N–H and O–H groups in total. The zero-order valence-electron chi connectivity index (χ0n) is 11.4. The third-order valence-electron chi connectivity index (χ3n) is 4.83. The Morgan fingerprint density at radius 2 is 1.84 bits per heavy atom. The second-order valence-corrected chi connectivity index (χ2v) is 5.90. The molecule has 3 rings (SSSR count). The standard InChI is InChI=1S/C16H21N3/c17-13-14-2-1-3-15(12-14)19-10-6-16(7-11-19)4-8-18-9-5-16/h1-3,12,18H,4-11H2. The highest BCUT2D eigenvalue weighted by Gasteiger charge is 2.35. The maximum absolute atomic E-state index is 8.98. The van der Waals surface area contributed by atoms with E-state index in [-0.39, 0.29) is 0 Å². The molecule has 0 saturated carbocycles. The maximum atomic E-state index is 8.98. The Kier molecular flexibility index (Phi) is 3.44. The minimum Gasteiger partial charge on any atom is -0.371 e. The van der Waals surface area contributed by atoms with Crippen LogP contribution in [-0.2, 0) is 0 Å². The smallest absolute Gasteiger partial charge is 0.0992 e. The molecule has 0 aromatic heterocycles. The first-order valence-electron chi connectivity index (χ1n) is 7.27. The van der Waals surface area contributed by atoms with E-state index in [0.29, 0.717) is 5.41 Å². The highest BCUT2D eigenvalue weighted by molar-refractivity contribution is 5.51. The van der Waals surface area contributed by atoms with E-state index in [0.717, 1.165) is 18.7 Å². The third-order valence-corrected chi connectivity index (χ3v) is 4.83. The SMILES string of the molecule is N#Cc1cccc(N2CCC3(CCNCC3)CC2)c1. The molecule has 0 radical (unpaired) electrons. The van der Waals surface area contributed by atoms with E-state index in [1.165, 1.54) is 44.5 Å². The van der Waals surface area contributed by atoms with Gasteiger partial charge in [0, 0.05) is 18.8 Å². The molecular formula is C16H21N3. The second kappa shape index (κ2) is 5.22. The van der Waals surface area contributed by atoms with Gasteiger partial charge in [0.2, 0.25) is 0 Å². The van der Waals surface area contributed by atoms with Crippen LogP contribution in [0.3, 0.4) is 0 Å². The number of benzene rings is 1. The molecule has 3 heteroatoms. The summed E-state index contributed by atoms with van der Waals surface area (Å²) in [6, 6.07) is 10.2. The molecule has 2 aliphatic rings. The topological polar surface area (TPSA) is 39.1 Å². The number of nitriles is 1. The van der Waals surface area contributed by atoms with Crippen molar-refractivity contribution in [2.24, 2.45) is 5.41 Å². The van der Waals surface area contributed by atoms with Crippen LogP contribution in [0.5, 0.6) is 0 Å². The normalized spacial score (nSPS) is 22.2. The third kappa shape index (κ3) is 2.59. The number of piperidine rings is 2. The lowest BCUT2D eigenvalue weighted by molar-refractivity contribution is 0.155. The maximum Gasteiger partial charge on any atom is 0.0992 e. The molecule has 100 valence electrons. The first-order valence-corrected chi connectivity index (χ1v) is 7.27. The largest absolute Gasteiger partial charge is 0.371 e. The average molecular weight is 255 g/mol. The number of anilines is 1. The minimum absolute atomic E-state index is 0.592. The highest BCUT2D eigenvalue weighted by atomic mass is 15.1. The average Bonchev–Trinajstić information content (AvgIpc) is 2.49. The van der Waals surface area contributed by atoms with Crippen molar-refractivity contribution < 1.29 is 0 Å². The van der Waals surface area contributed by atoms with Crippen LogP contribution in [0.1, 0.15) is 31.2 Å². The Labute approximate surface area is 115 Å². The van der Waals surface area contributed by atoms with Crippen LogP contribution in [0.25, 0.3) is 0 Å². The zero-order chi connectivity index (χ0) is 13.1. The molecule has 2 saturated heterocycles. The predicted molar refractivity (Wildman–Crippen MR) is 77.1 cm³/mol. The first kappa shape index (κ1) is 12.5. The molecule has 2 aliphatic heterocycles. The van der Waals surface area contributed by atoms with Gasteiger partial charge in [-0.3, -0.25) is 0 Å². The van der Waals surface area contributed by atoms with Gasteiger partial charge in [0.1, 0.15) is 0 Å². The summed E-state index contributed by atoms with van der Waals surface area (Å²) in [5.41, 5.74) is 2.57. The van der Waals surface area contributed by atoms with Crippen molar-refractivity contribution in [2.45, 2.75) is 25.7 Å². The molecule has 19 heavy (non-hydrogen) atoms. The van der Waals surface area contributed by atoms with E-state index in [4.69, 9.17) is 5.26 Å². The Balaban J connectivity index is 1.68. The molecule has 3 nitrogen and oxygen atoms in total. The summed E-state index contributed by atoms with van der Waals surface area (Å²) in [6.07, 6.45) is 5.26. The van der Waals surface area contributed by atoms with Crippen LogP contribution in [0.2, 0.25) is 0 Å². The summed E-state index contributed by atoms with van der Waals surface area (Å²) in [6.45, 7) is 4.64. The minimum atomic E-state index is 0.592. The van der Waals surface area contributed by atoms with Crippen LogP contribution >= 0.6 is 0 Å². The lowest BCUT2D eigenvalue weighted by Crippen LogP contribution is -2.45. The molecule has 1 spiro atoms. The van der Waals surface area contributed by atoms with Crippen LogP contribution in [0, 0.1) is 16.7 Å². The predicted octanol–water partition coefficient (Wildman–Crippen LogP) is 2.53. The van der Waals surface area contributed by atoms with Crippen molar-refractivity contribution in [2.75, 3.05) is 31.1 Å². The van der Waals surface area contributed by atoms with Crippen LogP contribution in [0.15, 0.2) is 24.3 Å². The van der Waals surface area contributed by atoms with Crippen molar-refractivity contribution in [1.82, 2.24) is 5.32 Å². The van der Waals surface area contributed by atoms with E-state index in [2.05, 4.69) is 22.4 Å². The van der Waals surface area contributed by atoms with E-state index in [1.54, 1.807) is 0 Å². The number of nitrogens with zero attached hydrogens (tertiary/aromatic N) is 2. The Morgan fingerprint density at radius 1 is 1.11 bits per heavy atom. The van der Waals surface area contributed by atoms with E-state index in [1.807, 2.05) is 18.2 Å². The fraction of sp³-hybridized carbons (Fsp3) is 0.562. The van der Waals surface area contributed by atoms with Gasteiger partial charge in [0.25, 0.3) is 0 Å². The number of rotatable bonds is 1. The molecule has 2 heterocycles. The van der Waals surface area contributed by atoms with Gasteiger partial charge in [-0.05, 0) is 62.4 Å². The second-order valence-electron chi connectivity index (χ2n) is 5.90. The Bertz CT molecular complexity index is 473. The van der Waals surface area contributed by atoms with Crippen molar-refractivity contribution in [3.8, 4) is 6.07 Å². The Morgan fingerprint density at radius 3 is 2.53 bits per heavy atom. The molecule has 0 aliphatic carbocycles. The molecular weight excluding hydrogens is 234 g/mol. The summed E-state index contributed by atoms with van der Waals surface area (Å²) in [5.74, 6) is 0. The summed E-state index contributed by atoms with van der Waals surface area (Å²) < 4.78 is 0. The van der Waals surface area contributed by atoms with Gasteiger partial charge in [-0.2, -0.15) is 5.26 Å². The fourth-order valence-electron chi connectivity index (χ4n) is 3.47. The highest BCUT2D eigenvalue weighted by Crippen LogP contribution is 2.40. The van der Waals surface area contributed by atoms with Gasteiger partial charge < -0.3 is 10.2 Å². The van der Waals surface area contributed by atoms with Gasteiger partial charge in [-0.25, -0.2) is 0 Å². The number of hydrogen-bond donors (Lipinski definition) is 1. The van der Waals surface area contributed by atoms with Gasteiger partial charge in [-0.1, -0.05) is 6.07 Å². The molecule has 0 atom stereocenters. The van der Waals surface area contributed by atoms with Gasteiger partial charge >= 0.3 is 0 Å². The number of nitrogens with one attached hydrogen (secondary N) is 1.